The predicted molar refractivity (Wildman–Crippen MR) is 81.9 cm³/mol. The summed E-state index contributed by atoms with van der Waals surface area (Å²) in [4.78, 5) is 21.5. The Morgan fingerprint density at radius 3 is 2.71 bits per heavy atom. The molecule has 0 radical (unpaired) electrons. The molecule has 6 nitrogen and oxygen atoms in total. The van der Waals surface area contributed by atoms with E-state index in [9.17, 15) is 4.79 Å². The van der Waals surface area contributed by atoms with Gasteiger partial charge in [0.2, 0.25) is 11.8 Å². The third-order valence-electron chi connectivity index (χ3n) is 2.94. The van der Waals surface area contributed by atoms with Crippen LogP contribution < -0.4 is 9.64 Å². The Morgan fingerprint density at radius 1 is 1.43 bits per heavy atom. The Labute approximate surface area is 126 Å². The van der Waals surface area contributed by atoms with Crippen molar-refractivity contribution in [2.24, 2.45) is 0 Å². The first-order valence-electron chi connectivity index (χ1n) is 7.41. The molecule has 0 atom stereocenters. The fourth-order valence-electron chi connectivity index (χ4n) is 1.92. The van der Waals surface area contributed by atoms with Gasteiger partial charge in [-0.25, -0.2) is 4.98 Å². The number of nitrogens with zero attached hydrogens (tertiary/aromatic N) is 3. The summed E-state index contributed by atoms with van der Waals surface area (Å²) in [5.74, 6) is 0.389. The normalized spacial score (nSPS) is 10.7. The Bertz CT molecular complexity index is 463. The minimum atomic E-state index is -0.782. The first kappa shape index (κ1) is 17.2. The molecule has 0 spiro atoms. The minimum Gasteiger partial charge on any atom is -0.481 e. The maximum atomic E-state index is 10.6. The third kappa shape index (κ3) is 5.97. The van der Waals surface area contributed by atoms with Crippen molar-refractivity contribution in [3.63, 3.8) is 0 Å². The highest BCUT2D eigenvalue weighted by atomic mass is 16.5. The van der Waals surface area contributed by atoms with Gasteiger partial charge in [0.25, 0.3) is 0 Å². The van der Waals surface area contributed by atoms with Crippen LogP contribution in [0.4, 0.5) is 5.95 Å². The summed E-state index contributed by atoms with van der Waals surface area (Å²) in [7, 11) is 0. The van der Waals surface area contributed by atoms with Crippen molar-refractivity contribution in [3.8, 4) is 5.88 Å². The fraction of sp³-hybridized carbons (Fsp3) is 0.667. The molecule has 0 aliphatic carbocycles. The SMILES string of the molecule is CCCOc1cc(C)nc(N(CCCC(=O)O)C(C)C)n1. The molecular formula is C15H25N3O3. The van der Waals surface area contributed by atoms with Gasteiger partial charge in [0, 0.05) is 30.8 Å². The largest absolute Gasteiger partial charge is 0.481 e. The molecule has 0 bridgehead atoms. The lowest BCUT2D eigenvalue weighted by Gasteiger charge is -2.27. The Morgan fingerprint density at radius 2 is 2.14 bits per heavy atom. The molecular weight excluding hydrogens is 270 g/mol. The predicted octanol–water partition coefficient (Wildman–Crippen LogP) is 2.65. The Hall–Kier alpha value is -1.85. The number of hydrogen-bond donors (Lipinski definition) is 1. The van der Waals surface area contributed by atoms with Crippen LogP contribution in [0, 0.1) is 6.92 Å². The zero-order valence-electron chi connectivity index (χ0n) is 13.3. The molecule has 1 heterocycles. The molecule has 1 rings (SSSR count). The van der Waals surface area contributed by atoms with E-state index in [0.29, 0.717) is 31.4 Å². The molecule has 0 aromatic carbocycles. The highest BCUT2D eigenvalue weighted by Gasteiger charge is 2.15. The maximum absolute atomic E-state index is 10.6. The van der Waals surface area contributed by atoms with Gasteiger partial charge in [0.15, 0.2) is 0 Å². The summed E-state index contributed by atoms with van der Waals surface area (Å²) < 4.78 is 5.58. The van der Waals surface area contributed by atoms with Crippen molar-refractivity contribution in [3.05, 3.63) is 11.8 Å². The highest BCUT2D eigenvalue weighted by molar-refractivity contribution is 5.66. The number of ether oxygens (including phenoxy) is 1. The van der Waals surface area contributed by atoms with E-state index in [1.165, 1.54) is 0 Å². The lowest BCUT2D eigenvalue weighted by atomic mass is 10.2. The van der Waals surface area contributed by atoms with Crippen molar-refractivity contribution >= 4 is 11.9 Å². The number of carbonyl (C=O) groups is 1. The van der Waals surface area contributed by atoms with Crippen molar-refractivity contribution < 1.29 is 14.6 Å². The summed E-state index contributed by atoms with van der Waals surface area (Å²) in [6.45, 7) is 9.26. The molecule has 0 aliphatic rings. The summed E-state index contributed by atoms with van der Waals surface area (Å²) in [5.41, 5.74) is 0.843. The number of aliphatic carboxylic acids is 1. The number of anilines is 1. The molecule has 1 N–H and O–H groups in total. The zero-order valence-corrected chi connectivity index (χ0v) is 13.3. The van der Waals surface area contributed by atoms with E-state index in [1.54, 1.807) is 0 Å². The van der Waals surface area contributed by atoms with Gasteiger partial charge in [-0.2, -0.15) is 4.98 Å². The monoisotopic (exact) mass is 295 g/mol. The molecule has 1 aromatic rings. The first-order valence-corrected chi connectivity index (χ1v) is 7.41. The van der Waals surface area contributed by atoms with Crippen molar-refractivity contribution in [2.75, 3.05) is 18.1 Å². The van der Waals surface area contributed by atoms with Crippen LogP contribution in [0.3, 0.4) is 0 Å². The van der Waals surface area contributed by atoms with Crippen molar-refractivity contribution in [2.45, 2.75) is 53.0 Å². The molecule has 0 amide bonds. The summed E-state index contributed by atoms with van der Waals surface area (Å²) >= 11 is 0. The molecule has 118 valence electrons. The molecule has 0 aliphatic heterocycles. The average Bonchev–Trinajstić information content (AvgIpc) is 2.40. The fourth-order valence-corrected chi connectivity index (χ4v) is 1.92. The number of rotatable bonds is 9. The number of carboxylic acid groups (broad SMARTS) is 1. The second-order valence-corrected chi connectivity index (χ2v) is 5.28. The zero-order chi connectivity index (χ0) is 15.8. The van der Waals surface area contributed by atoms with Crippen molar-refractivity contribution in [1.29, 1.82) is 0 Å². The van der Waals surface area contributed by atoms with Gasteiger partial charge >= 0.3 is 5.97 Å². The first-order chi connectivity index (χ1) is 9.93. The van der Waals surface area contributed by atoms with Crippen LogP contribution in [-0.2, 0) is 4.79 Å². The Kier molecular flexibility index (Phi) is 6.91. The van der Waals surface area contributed by atoms with Gasteiger partial charge in [-0.15, -0.1) is 0 Å². The number of aromatic nitrogens is 2. The van der Waals surface area contributed by atoms with E-state index in [-0.39, 0.29) is 12.5 Å². The number of aryl methyl sites for hydroxylation is 1. The van der Waals surface area contributed by atoms with Gasteiger partial charge < -0.3 is 14.7 Å². The van der Waals surface area contributed by atoms with E-state index in [0.717, 1.165) is 12.1 Å². The number of carboxylic acids is 1. The second kappa shape index (κ2) is 8.44. The van der Waals surface area contributed by atoms with Crippen LogP contribution in [0.1, 0.15) is 45.7 Å². The van der Waals surface area contributed by atoms with Gasteiger partial charge in [-0.3, -0.25) is 4.79 Å². The standard InChI is InChI=1S/C15H25N3O3/c1-5-9-21-13-10-12(4)16-15(17-13)18(11(2)3)8-6-7-14(19)20/h10-11H,5-9H2,1-4H3,(H,19,20). The lowest BCUT2D eigenvalue weighted by Crippen LogP contribution is -2.33. The highest BCUT2D eigenvalue weighted by Crippen LogP contribution is 2.18. The molecule has 0 fully saturated rings. The van der Waals surface area contributed by atoms with E-state index in [4.69, 9.17) is 9.84 Å². The maximum Gasteiger partial charge on any atom is 0.303 e. The third-order valence-corrected chi connectivity index (χ3v) is 2.94. The van der Waals surface area contributed by atoms with Gasteiger partial charge in [-0.05, 0) is 33.6 Å². The van der Waals surface area contributed by atoms with Crippen LogP contribution in [0.25, 0.3) is 0 Å². The van der Waals surface area contributed by atoms with Gasteiger partial charge in [-0.1, -0.05) is 6.92 Å². The smallest absolute Gasteiger partial charge is 0.303 e. The minimum absolute atomic E-state index is 0.147. The molecule has 0 saturated carbocycles. The summed E-state index contributed by atoms with van der Waals surface area (Å²) in [6, 6.07) is 2.01. The van der Waals surface area contributed by atoms with Crippen molar-refractivity contribution in [1.82, 2.24) is 9.97 Å². The summed E-state index contributed by atoms with van der Waals surface area (Å²) in [6.07, 6.45) is 1.63. The van der Waals surface area contributed by atoms with Crippen LogP contribution in [-0.4, -0.2) is 40.2 Å². The topological polar surface area (TPSA) is 75.5 Å². The van der Waals surface area contributed by atoms with Crippen LogP contribution >= 0.6 is 0 Å². The van der Waals surface area contributed by atoms with Crippen LogP contribution in [0.15, 0.2) is 6.07 Å². The average molecular weight is 295 g/mol. The summed E-state index contributed by atoms with van der Waals surface area (Å²) in [5, 5.41) is 8.75. The van der Waals surface area contributed by atoms with Gasteiger partial charge in [0.05, 0.1) is 6.61 Å². The van der Waals surface area contributed by atoms with Crippen LogP contribution in [0.2, 0.25) is 0 Å². The second-order valence-electron chi connectivity index (χ2n) is 5.28. The molecule has 0 saturated heterocycles. The molecule has 21 heavy (non-hydrogen) atoms. The van der Waals surface area contributed by atoms with E-state index in [1.807, 2.05) is 38.7 Å². The molecule has 1 aromatic heterocycles. The van der Waals surface area contributed by atoms with Gasteiger partial charge in [0.1, 0.15) is 0 Å². The van der Waals surface area contributed by atoms with E-state index >= 15 is 0 Å². The van der Waals surface area contributed by atoms with Crippen LogP contribution in [0.5, 0.6) is 5.88 Å². The quantitative estimate of drug-likeness (QED) is 0.755. The van der Waals surface area contributed by atoms with E-state index < -0.39 is 5.97 Å². The lowest BCUT2D eigenvalue weighted by molar-refractivity contribution is -0.137. The van der Waals surface area contributed by atoms with E-state index in [2.05, 4.69) is 9.97 Å². The molecule has 0 unspecified atom stereocenters. The Balaban J connectivity index is 2.85. The number of hydrogen-bond acceptors (Lipinski definition) is 5. The molecule has 6 heteroatoms.